The molecule has 1 aliphatic rings. The van der Waals surface area contributed by atoms with Crippen LogP contribution >= 0.6 is 36.6 Å². The van der Waals surface area contributed by atoms with Gasteiger partial charge in [0.15, 0.2) is 0 Å². The number of nitrogens with zero attached hydrogens (tertiary/aromatic N) is 1. The van der Waals surface area contributed by atoms with E-state index in [1.165, 1.54) is 0 Å². The van der Waals surface area contributed by atoms with E-state index in [1.807, 2.05) is 18.2 Å². The number of nitrogens with one attached hydrogen (secondary N) is 2. The summed E-state index contributed by atoms with van der Waals surface area (Å²) < 4.78 is 0. The number of amides is 1. The highest BCUT2D eigenvalue weighted by molar-refractivity contribution is 7.98. The molecule has 1 saturated heterocycles. The zero-order valence-electron chi connectivity index (χ0n) is 11.9. The van der Waals surface area contributed by atoms with E-state index in [4.69, 9.17) is 0 Å². The maximum atomic E-state index is 11.8. The van der Waals surface area contributed by atoms with Crippen LogP contribution in [-0.4, -0.2) is 35.8 Å². The Kier molecular flexibility index (Phi) is 11.8. The van der Waals surface area contributed by atoms with Crippen LogP contribution in [0.15, 0.2) is 24.4 Å². The Morgan fingerprint density at radius 2 is 2.29 bits per heavy atom. The molecule has 21 heavy (non-hydrogen) atoms. The molecule has 1 aliphatic heterocycles. The molecule has 120 valence electrons. The van der Waals surface area contributed by atoms with Gasteiger partial charge in [0, 0.05) is 36.7 Å². The highest BCUT2D eigenvalue weighted by atomic mass is 35.5. The van der Waals surface area contributed by atoms with Crippen LogP contribution in [0.2, 0.25) is 0 Å². The van der Waals surface area contributed by atoms with Crippen molar-refractivity contribution in [3.63, 3.8) is 0 Å². The third-order valence-corrected chi connectivity index (χ3v) is 4.10. The first kappa shape index (κ1) is 20.5. The SMILES string of the molecule is Cl.Cl.O=C(CCSCc1ccccn1)N[C@H]1CCCNC1. The number of pyridine rings is 1. The Bertz CT molecular complexity index is 389. The molecular weight excluding hydrogens is 329 g/mol. The Hall–Kier alpha value is -0.490. The summed E-state index contributed by atoms with van der Waals surface area (Å²) in [4.78, 5) is 16.0. The van der Waals surface area contributed by atoms with Crippen molar-refractivity contribution in [1.29, 1.82) is 0 Å². The molecule has 4 nitrogen and oxygen atoms in total. The highest BCUT2D eigenvalue weighted by Crippen LogP contribution is 2.10. The van der Waals surface area contributed by atoms with Gasteiger partial charge < -0.3 is 10.6 Å². The largest absolute Gasteiger partial charge is 0.352 e. The fraction of sp³-hybridized carbons (Fsp3) is 0.571. The number of halogens is 2. The van der Waals surface area contributed by atoms with Gasteiger partial charge in [0.25, 0.3) is 0 Å². The molecule has 7 heteroatoms. The third kappa shape index (κ3) is 8.51. The first-order valence-corrected chi connectivity index (χ1v) is 7.98. The Morgan fingerprint density at radius 3 is 2.95 bits per heavy atom. The lowest BCUT2D eigenvalue weighted by atomic mass is 10.1. The van der Waals surface area contributed by atoms with Gasteiger partial charge in [-0.3, -0.25) is 9.78 Å². The van der Waals surface area contributed by atoms with E-state index >= 15 is 0 Å². The number of hydrogen-bond donors (Lipinski definition) is 2. The topological polar surface area (TPSA) is 54.0 Å². The van der Waals surface area contributed by atoms with E-state index in [0.717, 1.165) is 43.1 Å². The quantitative estimate of drug-likeness (QED) is 0.772. The van der Waals surface area contributed by atoms with Crippen LogP contribution in [0.25, 0.3) is 0 Å². The van der Waals surface area contributed by atoms with Gasteiger partial charge in [0.1, 0.15) is 0 Å². The highest BCUT2D eigenvalue weighted by Gasteiger charge is 2.14. The van der Waals surface area contributed by atoms with Gasteiger partial charge >= 0.3 is 0 Å². The van der Waals surface area contributed by atoms with E-state index in [-0.39, 0.29) is 30.7 Å². The van der Waals surface area contributed by atoms with Crippen LogP contribution in [-0.2, 0) is 10.5 Å². The van der Waals surface area contributed by atoms with Crippen LogP contribution in [0.1, 0.15) is 25.0 Å². The second-order valence-electron chi connectivity index (χ2n) is 4.73. The standard InChI is InChI=1S/C14H21N3OS.2ClH/c18-14(17-12-5-3-7-15-10-12)6-9-19-11-13-4-1-2-8-16-13;;/h1-2,4,8,12,15H,3,5-7,9-11H2,(H,17,18);2*1H/t12-;;/m0../s1. The lowest BCUT2D eigenvalue weighted by molar-refractivity contribution is -0.121. The maximum absolute atomic E-state index is 11.8. The predicted octanol–water partition coefficient (Wildman–Crippen LogP) is 2.42. The number of carbonyl (C=O) groups is 1. The number of aromatic nitrogens is 1. The first-order chi connectivity index (χ1) is 9.34. The van der Waals surface area contributed by atoms with Crippen molar-refractivity contribution in [3.8, 4) is 0 Å². The number of thioether (sulfide) groups is 1. The van der Waals surface area contributed by atoms with Crippen LogP contribution in [0.3, 0.4) is 0 Å². The minimum atomic E-state index is 0. The second kappa shape index (κ2) is 12.1. The average Bonchev–Trinajstić information content (AvgIpc) is 2.46. The molecule has 0 bridgehead atoms. The van der Waals surface area contributed by atoms with Crippen molar-refractivity contribution in [2.45, 2.75) is 31.1 Å². The monoisotopic (exact) mass is 351 g/mol. The molecule has 2 rings (SSSR count). The van der Waals surface area contributed by atoms with Crippen molar-refractivity contribution in [3.05, 3.63) is 30.1 Å². The Morgan fingerprint density at radius 1 is 1.43 bits per heavy atom. The molecule has 0 aromatic carbocycles. The Labute approximate surface area is 143 Å². The summed E-state index contributed by atoms with van der Waals surface area (Å²) in [5.74, 6) is 1.89. The van der Waals surface area contributed by atoms with Crippen LogP contribution in [0, 0.1) is 0 Å². The van der Waals surface area contributed by atoms with Crippen molar-refractivity contribution in [2.75, 3.05) is 18.8 Å². The molecule has 1 amide bonds. The number of piperidine rings is 1. The van der Waals surface area contributed by atoms with E-state index in [0.29, 0.717) is 12.5 Å². The van der Waals surface area contributed by atoms with E-state index < -0.39 is 0 Å². The number of carbonyl (C=O) groups excluding carboxylic acids is 1. The fourth-order valence-corrected chi connectivity index (χ4v) is 2.95. The molecule has 0 unspecified atom stereocenters. The predicted molar refractivity (Wildman–Crippen MR) is 93.5 cm³/mol. The molecule has 1 aromatic heterocycles. The minimum Gasteiger partial charge on any atom is -0.352 e. The summed E-state index contributed by atoms with van der Waals surface area (Å²) in [6, 6.07) is 6.24. The molecule has 1 fully saturated rings. The van der Waals surface area contributed by atoms with Crippen molar-refractivity contribution in [1.82, 2.24) is 15.6 Å². The lowest BCUT2D eigenvalue weighted by Crippen LogP contribution is -2.45. The zero-order chi connectivity index (χ0) is 13.3. The maximum Gasteiger partial charge on any atom is 0.221 e. The van der Waals surface area contributed by atoms with Crippen LogP contribution in [0.4, 0.5) is 0 Å². The van der Waals surface area contributed by atoms with E-state index in [9.17, 15) is 4.79 Å². The van der Waals surface area contributed by atoms with E-state index in [1.54, 1.807) is 18.0 Å². The number of hydrogen-bond acceptors (Lipinski definition) is 4. The molecular formula is C14H23Cl2N3OS. The molecule has 2 heterocycles. The molecule has 0 spiro atoms. The fourth-order valence-electron chi connectivity index (χ4n) is 2.10. The summed E-state index contributed by atoms with van der Waals surface area (Å²) in [5, 5.41) is 6.39. The van der Waals surface area contributed by atoms with Gasteiger partial charge in [-0.25, -0.2) is 0 Å². The van der Waals surface area contributed by atoms with Gasteiger partial charge in [-0.2, -0.15) is 11.8 Å². The summed E-state index contributed by atoms with van der Waals surface area (Å²) in [7, 11) is 0. The van der Waals surface area contributed by atoms with E-state index in [2.05, 4.69) is 15.6 Å². The molecule has 0 saturated carbocycles. The van der Waals surface area contributed by atoms with Gasteiger partial charge in [0.05, 0.1) is 5.69 Å². The molecule has 1 aromatic rings. The van der Waals surface area contributed by atoms with Crippen molar-refractivity contribution in [2.24, 2.45) is 0 Å². The molecule has 0 radical (unpaired) electrons. The molecule has 1 atom stereocenters. The first-order valence-electron chi connectivity index (χ1n) is 6.82. The average molecular weight is 352 g/mol. The Balaban J connectivity index is 0.00000200. The van der Waals surface area contributed by atoms with Gasteiger partial charge in [-0.05, 0) is 31.5 Å². The van der Waals surface area contributed by atoms with Crippen LogP contribution in [0.5, 0.6) is 0 Å². The lowest BCUT2D eigenvalue weighted by Gasteiger charge is -2.23. The van der Waals surface area contributed by atoms with Gasteiger partial charge in [-0.15, -0.1) is 24.8 Å². The minimum absolute atomic E-state index is 0. The normalized spacial score (nSPS) is 17.2. The van der Waals surface area contributed by atoms with Crippen molar-refractivity contribution < 1.29 is 4.79 Å². The zero-order valence-corrected chi connectivity index (χ0v) is 14.4. The number of rotatable bonds is 6. The third-order valence-electron chi connectivity index (χ3n) is 3.11. The van der Waals surface area contributed by atoms with Gasteiger partial charge in [0.2, 0.25) is 5.91 Å². The van der Waals surface area contributed by atoms with Gasteiger partial charge in [-0.1, -0.05) is 6.07 Å². The summed E-state index contributed by atoms with van der Waals surface area (Å²) in [5.41, 5.74) is 1.07. The smallest absolute Gasteiger partial charge is 0.221 e. The summed E-state index contributed by atoms with van der Waals surface area (Å²) in [6.07, 6.45) is 4.64. The molecule has 0 aliphatic carbocycles. The summed E-state index contributed by atoms with van der Waals surface area (Å²) >= 11 is 1.76. The summed E-state index contributed by atoms with van der Waals surface area (Å²) in [6.45, 7) is 1.99. The van der Waals surface area contributed by atoms with Crippen molar-refractivity contribution >= 4 is 42.5 Å². The molecule has 2 N–H and O–H groups in total. The van der Waals surface area contributed by atoms with Crippen LogP contribution < -0.4 is 10.6 Å². The second-order valence-corrected chi connectivity index (χ2v) is 5.84.